The molecule has 1 aromatic heterocycles. The van der Waals surface area contributed by atoms with Crippen molar-refractivity contribution >= 4 is 17.8 Å². The van der Waals surface area contributed by atoms with E-state index in [2.05, 4.69) is 9.88 Å². The molecule has 8 heteroatoms. The van der Waals surface area contributed by atoms with Gasteiger partial charge < -0.3 is 19.4 Å². The lowest BCUT2D eigenvalue weighted by Gasteiger charge is -2.40. The number of likely N-dealkylation sites (N-methyl/N-ethyl adjacent to an activating group) is 1. The monoisotopic (exact) mass is 401 g/mol. The van der Waals surface area contributed by atoms with Crippen molar-refractivity contribution < 1.29 is 14.3 Å². The fraction of sp³-hybridized carbons (Fsp3) is 0.714. The van der Waals surface area contributed by atoms with Gasteiger partial charge in [0.25, 0.3) is 0 Å². The largest absolute Gasteiger partial charge is 0.372 e. The predicted molar refractivity (Wildman–Crippen MR) is 109 cm³/mol. The number of anilines is 1. The minimum Gasteiger partial charge on any atom is -0.372 e. The minimum absolute atomic E-state index is 0.0104. The van der Waals surface area contributed by atoms with Gasteiger partial charge in [0.2, 0.25) is 17.8 Å². The van der Waals surface area contributed by atoms with E-state index < -0.39 is 5.60 Å². The summed E-state index contributed by atoms with van der Waals surface area (Å²) in [6.07, 6.45) is 8.44. The Hall–Kier alpha value is -2.22. The summed E-state index contributed by atoms with van der Waals surface area (Å²) in [6.45, 7) is 2.63. The van der Waals surface area contributed by atoms with Crippen molar-refractivity contribution in [1.29, 1.82) is 0 Å². The maximum absolute atomic E-state index is 12.8. The number of nitrogens with zero attached hydrogens (tertiary/aromatic N) is 5. The topological polar surface area (TPSA) is 78.9 Å². The number of piperidine rings is 1. The van der Waals surface area contributed by atoms with Gasteiger partial charge in [-0.2, -0.15) is 0 Å². The van der Waals surface area contributed by atoms with Crippen LogP contribution < -0.4 is 4.90 Å². The van der Waals surface area contributed by atoms with Crippen LogP contribution in [0, 0.1) is 0 Å². The molecule has 29 heavy (non-hydrogen) atoms. The van der Waals surface area contributed by atoms with Gasteiger partial charge in [0.1, 0.15) is 0 Å². The summed E-state index contributed by atoms with van der Waals surface area (Å²) in [6, 6.07) is 0. The van der Waals surface area contributed by atoms with E-state index >= 15 is 0 Å². The first-order valence-corrected chi connectivity index (χ1v) is 10.7. The van der Waals surface area contributed by atoms with Crippen LogP contribution in [0.4, 0.5) is 5.95 Å². The normalized spacial score (nSPS) is 21.7. The first-order chi connectivity index (χ1) is 14.0. The standard InChI is InChI=1S/C21H31N5O3/c1-24(2)19(28)15-26-11-12-29-21(13-18(26)27)7-9-25(10-8-21)20-22-14-16-5-3-4-6-17(16)23-20/h14H,3-13,15H2,1-2H3. The fourth-order valence-electron chi connectivity index (χ4n) is 4.46. The molecule has 2 amide bonds. The molecule has 158 valence electrons. The molecule has 2 fully saturated rings. The Bertz CT molecular complexity index is 774. The SMILES string of the molecule is CN(C)C(=O)CN1CCOC2(CCN(c3ncc4c(n3)CCCC4)CC2)CC1=O. The van der Waals surface area contributed by atoms with Gasteiger partial charge in [0, 0.05) is 45.6 Å². The Morgan fingerprint density at radius 2 is 1.97 bits per heavy atom. The van der Waals surface area contributed by atoms with E-state index in [-0.39, 0.29) is 18.4 Å². The summed E-state index contributed by atoms with van der Waals surface area (Å²) in [7, 11) is 3.42. The highest BCUT2D eigenvalue weighted by atomic mass is 16.5. The average Bonchev–Trinajstić information content (AvgIpc) is 2.87. The van der Waals surface area contributed by atoms with Crippen LogP contribution in [0.5, 0.6) is 0 Å². The molecule has 0 atom stereocenters. The highest BCUT2D eigenvalue weighted by Gasteiger charge is 2.41. The molecule has 0 aromatic carbocycles. The van der Waals surface area contributed by atoms with E-state index in [9.17, 15) is 9.59 Å². The molecule has 4 rings (SSSR count). The van der Waals surface area contributed by atoms with Crippen molar-refractivity contribution in [3.63, 3.8) is 0 Å². The van der Waals surface area contributed by atoms with E-state index in [0.717, 1.165) is 44.7 Å². The number of aromatic nitrogens is 2. The van der Waals surface area contributed by atoms with Crippen LogP contribution in [-0.2, 0) is 27.2 Å². The number of aryl methyl sites for hydroxylation is 2. The van der Waals surface area contributed by atoms with Crippen molar-refractivity contribution in [2.45, 2.75) is 50.5 Å². The molecular formula is C21H31N5O3. The van der Waals surface area contributed by atoms with Gasteiger partial charge in [0.15, 0.2) is 0 Å². The van der Waals surface area contributed by atoms with E-state index in [1.807, 2.05) is 6.20 Å². The number of carbonyl (C=O) groups is 2. The quantitative estimate of drug-likeness (QED) is 0.753. The first kappa shape index (κ1) is 20.1. The van der Waals surface area contributed by atoms with Gasteiger partial charge in [-0.25, -0.2) is 9.97 Å². The minimum atomic E-state index is -0.433. The Labute approximate surface area is 172 Å². The summed E-state index contributed by atoms with van der Waals surface area (Å²) in [4.78, 5) is 39.6. The molecule has 1 aliphatic carbocycles. The number of amides is 2. The van der Waals surface area contributed by atoms with E-state index in [0.29, 0.717) is 19.6 Å². The maximum atomic E-state index is 12.8. The van der Waals surface area contributed by atoms with Crippen molar-refractivity contribution in [3.8, 4) is 0 Å². The summed E-state index contributed by atoms with van der Waals surface area (Å²) in [5.41, 5.74) is 2.06. The van der Waals surface area contributed by atoms with Crippen LogP contribution >= 0.6 is 0 Å². The smallest absolute Gasteiger partial charge is 0.241 e. The summed E-state index contributed by atoms with van der Waals surface area (Å²) in [5.74, 6) is 0.753. The van der Waals surface area contributed by atoms with Crippen molar-refractivity contribution in [1.82, 2.24) is 19.8 Å². The van der Waals surface area contributed by atoms with Gasteiger partial charge in [-0.05, 0) is 44.1 Å². The van der Waals surface area contributed by atoms with Crippen LogP contribution in [0.1, 0.15) is 43.4 Å². The third kappa shape index (κ3) is 4.37. The van der Waals surface area contributed by atoms with E-state index in [1.54, 1.807) is 19.0 Å². The molecule has 0 radical (unpaired) electrons. The summed E-state index contributed by atoms with van der Waals surface area (Å²) in [5, 5.41) is 0. The Balaban J connectivity index is 1.38. The molecular weight excluding hydrogens is 370 g/mol. The zero-order chi connectivity index (χ0) is 20.4. The third-order valence-corrected chi connectivity index (χ3v) is 6.43. The summed E-state index contributed by atoms with van der Waals surface area (Å²) < 4.78 is 6.19. The Morgan fingerprint density at radius 1 is 1.21 bits per heavy atom. The third-order valence-electron chi connectivity index (χ3n) is 6.43. The number of fused-ring (bicyclic) bond motifs is 1. The molecule has 2 aliphatic heterocycles. The molecule has 0 unspecified atom stereocenters. The zero-order valence-corrected chi connectivity index (χ0v) is 17.5. The van der Waals surface area contributed by atoms with Gasteiger partial charge in [-0.1, -0.05) is 0 Å². The highest BCUT2D eigenvalue weighted by molar-refractivity contribution is 5.85. The molecule has 2 saturated heterocycles. The number of hydrogen-bond donors (Lipinski definition) is 0. The average molecular weight is 402 g/mol. The van der Waals surface area contributed by atoms with Gasteiger partial charge in [0.05, 0.1) is 25.2 Å². The molecule has 3 heterocycles. The second kappa shape index (κ2) is 8.26. The number of hydrogen-bond acceptors (Lipinski definition) is 6. The van der Waals surface area contributed by atoms with Crippen LogP contribution in [0.15, 0.2) is 6.20 Å². The second-order valence-corrected chi connectivity index (χ2v) is 8.65. The Morgan fingerprint density at radius 3 is 2.72 bits per heavy atom. The molecule has 1 aromatic rings. The molecule has 3 aliphatic rings. The van der Waals surface area contributed by atoms with Crippen LogP contribution in [-0.4, -0.2) is 84.1 Å². The second-order valence-electron chi connectivity index (χ2n) is 8.65. The maximum Gasteiger partial charge on any atom is 0.241 e. The van der Waals surface area contributed by atoms with Gasteiger partial charge in [-0.3, -0.25) is 9.59 Å². The van der Waals surface area contributed by atoms with Crippen molar-refractivity contribution in [2.24, 2.45) is 0 Å². The zero-order valence-electron chi connectivity index (χ0n) is 17.5. The molecule has 0 bridgehead atoms. The van der Waals surface area contributed by atoms with Gasteiger partial charge >= 0.3 is 0 Å². The lowest BCUT2D eigenvalue weighted by molar-refractivity contribution is -0.140. The number of rotatable bonds is 3. The number of carbonyl (C=O) groups excluding carboxylic acids is 2. The predicted octanol–water partition coefficient (Wildman–Crippen LogP) is 1.03. The van der Waals surface area contributed by atoms with E-state index in [4.69, 9.17) is 9.72 Å². The number of ether oxygens (including phenoxy) is 1. The van der Waals surface area contributed by atoms with E-state index in [1.165, 1.54) is 29.0 Å². The van der Waals surface area contributed by atoms with Crippen molar-refractivity contribution in [3.05, 3.63) is 17.5 Å². The Kier molecular flexibility index (Phi) is 5.72. The van der Waals surface area contributed by atoms with Crippen LogP contribution in [0.3, 0.4) is 0 Å². The lowest BCUT2D eigenvalue weighted by atomic mass is 9.87. The molecule has 1 spiro atoms. The molecule has 0 N–H and O–H groups in total. The molecule has 8 nitrogen and oxygen atoms in total. The summed E-state index contributed by atoms with van der Waals surface area (Å²) >= 11 is 0. The molecule has 0 saturated carbocycles. The van der Waals surface area contributed by atoms with Gasteiger partial charge in [-0.15, -0.1) is 0 Å². The fourth-order valence-corrected chi connectivity index (χ4v) is 4.46. The lowest BCUT2D eigenvalue weighted by Crippen LogP contribution is -2.48. The van der Waals surface area contributed by atoms with Crippen LogP contribution in [0.2, 0.25) is 0 Å². The highest BCUT2D eigenvalue weighted by Crippen LogP contribution is 2.33. The first-order valence-electron chi connectivity index (χ1n) is 10.7. The van der Waals surface area contributed by atoms with Crippen molar-refractivity contribution in [2.75, 3.05) is 51.8 Å². The van der Waals surface area contributed by atoms with Crippen LogP contribution in [0.25, 0.3) is 0 Å².